The maximum absolute atomic E-state index is 4.91. The zero-order valence-electron chi connectivity index (χ0n) is 9.61. The summed E-state index contributed by atoms with van der Waals surface area (Å²) in [5.74, 6) is 1.26. The third-order valence-electron chi connectivity index (χ3n) is 1.91. The van der Waals surface area contributed by atoms with Crippen LogP contribution in [0.2, 0.25) is 0 Å². The smallest absolute Gasteiger partial charge is 0.223 e. The first-order valence-corrected chi connectivity index (χ1v) is 5.13. The molecule has 0 radical (unpaired) electrons. The molecular weight excluding hydrogens is 188 g/mol. The molecule has 1 aromatic carbocycles. The molecule has 3 heteroatoms. The predicted molar refractivity (Wildman–Crippen MR) is 60.6 cm³/mol. The van der Waals surface area contributed by atoms with Crippen molar-refractivity contribution < 1.29 is 4.52 Å². The Balaban J connectivity index is 0.000000531. The lowest BCUT2D eigenvalue weighted by Crippen LogP contribution is -1.84. The van der Waals surface area contributed by atoms with Crippen LogP contribution < -0.4 is 0 Å². The van der Waals surface area contributed by atoms with Crippen molar-refractivity contribution in [1.82, 2.24) is 10.1 Å². The van der Waals surface area contributed by atoms with E-state index in [9.17, 15) is 0 Å². The average Bonchev–Trinajstić information content (AvgIpc) is 2.68. The highest BCUT2D eigenvalue weighted by atomic mass is 16.5. The fourth-order valence-corrected chi connectivity index (χ4v) is 1.23. The molecule has 0 saturated carbocycles. The molecule has 0 unspecified atom stereocenters. The molecule has 1 aromatic heterocycles. The van der Waals surface area contributed by atoms with E-state index in [1.807, 2.05) is 45.0 Å². The standard InChI is InChI=1S/C10H10N2O.C2H6/c1-7-5-3-4-6-9(7)10-11-8(2)13-12-10;1-2/h3-6H,1-2H3;1-2H3. The molecular formula is C12H16N2O. The molecule has 0 atom stereocenters. The van der Waals surface area contributed by atoms with Crippen LogP contribution in [0.5, 0.6) is 0 Å². The Morgan fingerprint density at radius 3 is 2.27 bits per heavy atom. The van der Waals surface area contributed by atoms with Crippen molar-refractivity contribution in [3.8, 4) is 11.4 Å². The van der Waals surface area contributed by atoms with Crippen LogP contribution in [0.15, 0.2) is 28.8 Å². The van der Waals surface area contributed by atoms with Gasteiger partial charge in [-0.15, -0.1) is 0 Å². The van der Waals surface area contributed by atoms with Gasteiger partial charge in [0.2, 0.25) is 11.7 Å². The van der Waals surface area contributed by atoms with Gasteiger partial charge in [-0.1, -0.05) is 43.3 Å². The molecule has 0 saturated heterocycles. The molecule has 0 amide bonds. The molecule has 2 rings (SSSR count). The molecule has 0 aliphatic carbocycles. The van der Waals surface area contributed by atoms with Crippen LogP contribution in [-0.2, 0) is 0 Å². The van der Waals surface area contributed by atoms with Crippen molar-refractivity contribution in [2.45, 2.75) is 27.7 Å². The monoisotopic (exact) mass is 204 g/mol. The van der Waals surface area contributed by atoms with Gasteiger partial charge in [-0.2, -0.15) is 4.98 Å². The van der Waals surface area contributed by atoms with Gasteiger partial charge < -0.3 is 4.52 Å². The summed E-state index contributed by atoms with van der Waals surface area (Å²) in [5, 5.41) is 3.86. The lowest BCUT2D eigenvalue weighted by Gasteiger charge is -1.97. The zero-order valence-corrected chi connectivity index (χ0v) is 9.61. The van der Waals surface area contributed by atoms with Crippen LogP contribution in [-0.4, -0.2) is 10.1 Å². The Morgan fingerprint density at radius 1 is 1.07 bits per heavy atom. The van der Waals surface area contributed by atoms with E-state index in [-0.39, 0.29) is 0 Å². The minimum atomic E-state index is 0.596. The summed E-state index contributed by atoms with van der Waals surface area (Å²) in [4.78, 5) is 4.16. The summed E-state index contributed by atoms with van der Waals surface area (Å²) in [6.45, 7) is 7.82. The quantitative estimate of drug-likeness (QED) is 0.714. The van der Waals surface area contributed by atoms with Gasteiger partial charge >= 0.3 is 0 Å². The molecule has 0 bridgehead atoms. The highest BCUT2D eigenvalue weighted by Crippen LogP contribution is 2.19. The summed E-state index contributed by atoms with van der Waals surface area (Å²) >= 11 is 0. The van der Waals surface area contributed by atoms with E-state index in [4.69, 9.17) is 4.52 Å². The molecule has 80 valence electrons. The summed E-state index contributed by atoms with van der Waals surface area (Å²) in [5.41, 5.74) is 2.18. The van der Waals surface area contributed by atoms with Crippen LogP contribution in [0.4, 0.5) is 0 Å². The molecule has 2 aromatic rings. The van der Waals surface area contributed by atoms with Gasteiger partial charge in [0.15, 0.2) is 0 Å². The number of hydrogen-bond donors (Lipinski definition) is 0. The van der Waals surface area contributed by atoms with Crippen molar-refractivity contribution in [2.75, 3.05) is 0 Å². The number of nitrogens with zero attached hydrogens (tertiary/aromatic N) is 2. The van der Waals surface area contributed by atoms with E-state index in [1.165, 1.54) is 0 Å². The molecule has 0 aliphatic rings. The fourth-order valence-electron chi connectivity index (χ4n) is 1.23. The normalized spacial score (nSPS) is 9.33. The van der Waals surface area contributed by atoms with Crippen LogP contribution in [0.25, 0.3) is 11.4 Å². The summed E-state index contributed by atoms with van der Waals surface area (Å²) in [6, 6.07) is 7.97. The highest BCUT2D eigenvalue weighted by Gasteiger charge is 2.06. The van der Waals surface area contributed by atoms with Crippen molar-refractivity contribution in [3.05, 3.63) is 35.7 Å². The van der Waals surface area contributed by atoms with Crippen LogP contribution in [0.1, 0.15) is 25.3 Å². The first kappa shape index (κ1) is 11.4. The third-order valence-corrected chi connectivity index (χ3v) is 1.91. The first-order valence-electron chi connectivity index (χ1n) is 5.13. The molecule has 0 aliphatic heterocycles. The molecule has 0 N–H and O–H groups in total. The van der Waals surface area contributed by atoms with Crippen molar-refractivity contribution in [3.63, 3.8) is 0 Å². The third kappa shape index (κ3) is 2.65. The summed E-state index contributed by atoms with van der Waals surface area (Å²) in [7, 11) is 0. The minimum absolute atomic E-state index is 0.596. The number of aromatic nitrogens is 2. The van der Waals surface area contributed by atoms with E-state index in [0.29, 0.717) is 11.7 Å². The van der Waals surface area contributed by atoms with Gasteiger partial charge in [0.1, 0.15) is 0 Å². The second kappa shape index (κ2) is 5.29. The van der Waals surface area contributed by atoms with E-state index >= 15 is 0 Å². The number of rotatable bonds is 1. The number of benzene rings is 1. The van der Waals surface area contributed by atoms with E-state index < -0.39 is 0 Å². The largest absolute Gasteiger partial charge is 0.339 e. The maximum Gasteiger partial charge on any atom is 0.223 e. The van der Waals surface area contributed by atoms with E-state index in [1.54, 1.807) is 6.92 Å². The molecule has 0 spiro atoms. The van der Waals surface area contributed by atoms with Gasteiger partial charge in [-0.25, -0.2) is 0 Å². The minimum Gasteiger partial charge on any atom is -0.339 e. The summed E-state index contributed by atoms with van der Waals surface area (Å²) < 4.78 is 4.91. The van der Waals surface area contributed by atoms with Gasteiger partial charge in [0.05, 0.1) is 0 Å². The van der Waals surface area contributed by atoms with E-state index in [2.05, 4.69) is 10.1 Å². The summed E-state index contributed by atoms with van der Waals surface area (Å²) in [6.07, 6.45) is 0. The Kier molecular flexibility index (Phi) is 4.03. The topological polar surface area (TPSA) is 38.9 Å². The van der Waals surface area contributed by atoms with Gasteiger partial charge in [-0.05, 0) is 12.5 Å². The van der Waals surface area contributed by atoms with Crippen LogP contribution >= 0.6 is 0 Å². The second-order valence-electron chi connectivity index (χ2n) is 2.95. The average molecular weight is 204 g/mol. The Bertz CT molecular complexity index is 421. The SMILES string of the molecule is CC.Cc1nc(-c2ccccc2C)no1. The Morgan fingerprint density at radius 2 is 1.73 bits per heavy atom. The molecule has 3 nitrogen and oxygen atoms in total. The Labute approximate surface area is 90.1 Å². The zero-order chi connectivity index (χ0) is 11.3. The van der Waals surface area contributed by atoms with Crippen LogP contribution in [0, 0.1) is 13.8 Å². The maximum atomic E-state index is 4.91. The van der Waals surface area contributed by atoms with Crippen molar-refractivity contribution in [2.24, 2.45) is 0 Å². The first-order chi connectivity index (χ1) is 7.27. The molecule has 15 heavy (non-hydrogen) atoms. The van der Waals surface area contributed by atoms with Gasteiger partial charge in [0, 0.05) is 12.5 Å². The van der Waals surface area contributed by atoms with Crippen molar-refractivity contribution >= 4 is 0 Å². The van der Waals surface area contributed by atoms with E-state index in [0.717, 1.165) is 11.1 Å². The number of aryl methyl sites for hydroxylation is 2. The molecule has 0 fully saturated rings. The van der Waals surface area contributed by atoms with Gasteiger partial charge in [0.25, 0.3) is 0 Å². The second-order valence-corrected chi connectivity index (χ2v) is 2.95. The predicted octanol–water partition coefficient (Wildman–Crippen LogP) is 3.38. The lowest BCUT2D eigenvalue weighted by molar-refractivity contribution is 0.394. The fraction of sp³-hybridized carbons (Fsp3) is 0.333. The van der Waals surface area contributed by atoms with Crippen molar-refractivity contribution in [1.29, 1.82) is 0 Å². The Hall–Kier alpha value is -1.64. The highest BCUT2D eigenvalue weighted by molar-refractivity contribution is 5.58. The molecule has 1 heterocycles. The lowest BCUT2D eigenvalue weighted by atomic mass is 10.1. The van der Waals surface area contributed by atoms with Gasteiger partial charge in [-0.3, -0.25) is 0 Å². The van der Waals surface area contributed by atoms with Crippen LogP contribution in [0.3, 0.4) is 0 Å². The number of hydrogen-bond acceptors (Lipinski definition) is 3.